The largest absolute Gasteiger partial charge is 0.343 e. The fraction of sp³-hybridized carbons (Fsp3) is 0.700. The summed E-state index contributed by atoms with van der Waals surface area (Å²) in [6, 6.07) is 0.570. The van der Waals surface area contributed by atoms with Crippen molar-refractivity contribution in [3.63, 3.8) is 0 Å². The van der Waals surface area contributed by atoms with E-state index >= 15 is 0 Å². The second-order valence-electron chi connectivity index (χ2n) is 3.82. The van der Waals surface area contributed by atoms with Gasteiger partial charge in [-0.15, -0.1) is 11.3 Å². The van der Waals surface area contributed by atoms with E-state index in [1.807, 2.05) is 18.0 Å². The zero-order chi connectivity index (χ0) is 10.8. The maximum atomic E-state index is 5.60. The van der Waals surface area contributed by atoms with E-state index in [0.717, 1.165) is 11.7 Å². The second-order valence-corrected chi connectivity index (χ2v) is 6.40. The third-order valence-electron chi connectivity index (χ3n) is 2.87. The molecule has 2 unspecified atom stereocenters. The molecule has 1 aromatic heterocycles. The Kier molecular flexibility index (Phi) is 3.53. The highest BCUT2D eigenvalue weighted by Crippen LogP contribution is 2.31. The number of aromatic nitrogens is 1. The number of nitrogens with zero attached hydrogens (tertiary/aromatic N) is 2. The van der Waals surface area contributed by atoms with Crippen molar-refractivity contribution >= 4 is 28.2 Å². The molecule has 0 radical (unpaired) electrons. The maximum absolute atomic E-state index is 5.60. The van der Waals surface area contributed by atoms with Crippen LogP contribution in [0.25, 0.3) is 0 Å². The zero-order valence-electron chi connectivity index (χ0n) is 9.14. The summed E-state index contributed by atoms with van der Waals surface area (Å²) in [6.45, 7) is 6.27. The smallest absolute Gasteiger partial charge is 0.185 e. The summed E-state index contributed by atoms with van der Waals surface area (Å²) in [5.74, 6) is 1.20. The molecule has 0 aliphatic carbocycles. The Morgan fingerprint density at radius 3 is 3.07 bits per heavy atom. The molecule has 1 saturated heterocycles. The van der Waals surface area contributed by atoms with Gasteiger partial charge in [0.15, 0.2) is 5.13 Å². The minimum Gasteiger partial charge on any atom is -0.343 e. The number of anilines is 1. The summed E-state index contributed by atoms with van der Waals surface area (Å²) >= 11 is 3.77. The number of hydrogen-bond acceptors (Lipinski definition) is 5. The van der Waals surface area contributed by atoms with Crippen LogP contribution >= 0.6 is 23.1 Å². The lowest BCUT2D eigenvalue weighted by atomic mass is 10.2. The van der Waals surface area contributed by atoms with Crippen molar-refractivity contribution in [2.75, 3.05) is 17.2 Å². The quantitative estimate of drug-likeness (QED) is 0.862. The monoisotopic (exact) mass is 243 g/mol. The van der Waals surface area contributed by atoms with E-state index in [9.17, 15) is 0 Å². The lowest BCUT2D eigenvalue weighted by Gasteiger charge is -2.37. The van der Waals surface area contributed by atoms with Crippen molar-refractivity contribution < 1.29 is 0 Å². The standard InChI is InChI=1S/C10H17N3S2/c1-7-8(2)14-4-3-13(7)10-12-6-9(5-11)15-10/h6-8H,3-5,11H2,1-2H3. The lowest BCUT2D eigenvalue weighted by Crippen LogP contribution is -2.44. The van der Waals surface area contributed by atoms with Crippen LogP contribution in [0.15, 0.2) is 6.20 Å². The van der Waals surface area contributed by atoms with E-state index < -0.39 is 0 Å². The topological polar surface area (TPSA) is 42.2 Å². The van der Waals surface area contributed by atoms with Crippen LogP contribution in [0.5, 0.6) is 0 Å². The highest BCUT2D eigenvalue weighted by Gasteiger charge is 2.26. The molecular formula is C10H17N3S2. The molecule has 1 aliphatic rings. The second kappa shape index (κ2) is 4.72. The fourth-order valence-corrected chi connectivity index (χ4v) is 3.73. The van der Waals surface area contributed by atoms with Gasteiger partial charge in [0, 0.05) is 41.2 Å². The SMILES string of the molecule is CC1SCCN(c2ncc(CN)s2)C1C. The van der Waals surface area contributed by atoms with E-state index in [0.29, 0.717) is 17.8 Å². The first-order valence-electron chi connectivity index (χ1n) is 5.25. The molecule has 2 atom stereocenters. The van der Waals surface area contributed by atoms with Gasteiger partial charge in [-0.1, -0.05) is 6.92 Å². The van der Waals surface area contributed by atoms with Gasteiger partial charge in [-0.3, -0.25) is 0 Å². The first kappa shape index (κ1) is 11.2. The van der Waals surface area contributed by atoms with Crippen molar-refractivity contribution in [1.82, 2.24) is 4.98 Å². The minimum absolute atomic E-state index is 0.570. The molecule has 0 aromatic carbocycles. The van der Waals surface area contributed by atoms with Crippen LogP contribution in [-0.2, 0) is 6.54 Å². The molecule has 0 saturated carbocycles. The predicted molar refractivity (Wildman–Crippen MR) is 68.7 cm³/mol. The Bertz CT molecular complexity index is 326. The van der Waals surface area contributed by atoms with Crippen LogP contribution < -0.4 is 10.6 Å². The molecule has 1 aromatic rings. The first-order chi connectivity index (χ1) is 7.22. The molecule has 1 aliphatic heterocycles. The molecule has 2 rings (SSSR count). The molecule has 2 N–H and O–H groups in total. The van der Waals surface area contributed by atoms with Gasteiger partial charge in [-0.2, -0.15) is 11.8 Å². The summed E-state index contributed by atoms with van der Waals surface area (Å²) in [7, 11) is 0. The van der Waals surface area contributed by atoms with Gasteiger partial charge < -0.3 is 10.6 Å². The number of rotatable bonds is 2. The van der Waals surface area contributed by atoms with Gasteiger partial charge in [0.2, 0.25) is 0 Å². The van der Waals surface area contributed by atoms with Gasteiger partial charge in [0.1, 0.15) is 0 Å². The summed E-state index contributed by atoms with van der Waals surface area (Å²) in [4.78, 5) is 8.03. The molecular weight excluding hydrogens is 226 g/mol. The third-order valence-corrected chi connectivity index (χ3v) is 5.27. The Labute approximate surface area is 99.1 Å². The average Bonchev–Trinajstić information content (AvgIpc) is 2.70. The number of thiazole rings is 1. The van der Waals surface area contributed by atoms with E-state index in [2.05, 4.69) is 23.7 Å². The third kappa shape index (κ3) is 2.29. The van der Waals surface area contributed by atoms with Gasteiger partial charge >= 0.3 is 0 Å². The molecule has 0 amide bonds. The Morgan fingerprint density at radius 1 is 1.60 bits per heavy atom. The fourth-order valence-electron chi connectivity index (χ4n) is 1.73. The molecule has 2 heterocycles. The number of nitrogens with two attached hydrogens (primary N) is 1. The van der Waals surface area contributed by atoms with Gasteiger partial charge in [-0.25, -0.2) is 4.98 Å². The maximum Gasteiger partial charge on any atom is 0.185 e. The minimum atomic E-state index is 0.570. The number of hydrogen-bond donors (Lipinski definition) is 1. The lowest BCUT2D eigenvalue weighted by molar-refractivity contribution is 0.626. The van der Waals surface area contributed by atoms with Crippen molar-refractivity contribution in [2.24, 2.45) is 5.73 Å². The highest BCUT2D eigenvalue weighted by molar-refractivity contribution is 8.00. The highest BCUT2D eigenvalue weighted by atomic mass is 32.2. The van der Waals surface area contributed by atoms with E-state index in [-0.39, 0.29) is 0 Å². The molecule has 1 fully saturated rings. The molecule has 5 heteroatoms. The average molecular weight is 243 g/mol. The van der Waals surface area contributed by atoms with Crippen LogP contribution in [0, 0.1) is 0 Å². The Hall–Kier alpha value is -0.260. The predicted octanol–water partition coefficient (Wildman–Crippen LogP) is 1.93. The summed E-state index contributed by atoms with van der Waals surface area (Å²) in [6.07, 6.45) is 1.90. The summed E-state index contributed by atoms with van der Waals surface area (Å²) < 4.78 is 0. The van der Waals surface area contributed by atoms with E-state index in [1.54, 1.807) is 11.3 Å². The van der Waals surface area contributed by atoms with E-state index in [1.165, 1.54) is 10.6 Å². The van der Waals surface area contributed by atoms with Gasteiger partial charge in [0.25, 0.3) is 0 Å². The normalized spacial score (nSPS) is 27.0. The van der Waals surface area contributed by atoms with Crippen LogP contribution in [0.4, 0.5) is 5.13 Å². The van der Waals surface area contributed by atoms with Crippen LogP contribution in [0.2, 0.25) is 0 Å². The van der Waals surface area contributed by atoms with Crippen LogP contribution in [-0.4, -0.2) is 28.6 Å². The zero-order valence-corrected chi connectivity index (χ0v) is 10.8. The van der Waals surface area contributed by atoms with Crippen LogP contribution in [0.1, 0.15) is 18.7 Å². The van der Waals surface area contributed by atoms with Gasteiger partial charge in [0.05, 0.1) is 0 Å². The van der Waals surface area contributed by atoms with Crippen molar-refractivity contribution in [3.8, 4) is 0 Å². The van der Waals surface area contributed by atoms with Crippen molar-refractivity contribution in [1.29, 1.82) is 0 Å². The molecule has 84 valence electrons. The summed E-state index contributed by atoms with van der Waals surface area (Å²) in [5.41, 5.74) is 5.60. The van der Waals surface area contributed by atoms with Crippen molar-refractivity contribution in [3.05, 3.63) is 11.1 Å². The van der Waals surface area contributed by atoms with Gasteiger partial charge in [-0.05, 0) is 6.92 Å². The Morgan fingerprint density at radius 2 is 2.40 bits per heavy atom. The summed E-state index contributed by atoms with van der Waals surface area (Å²) in [5, 5.41) is 1.82. The van der Waals surface area contributed by atoms with Crippen molar-refractivity contribution in [2.45, 2.75) is 31.7 Å². The number of thioether (sulfide) groups is 1. The first-order valence-corrected chi connectivity index (χ1v) is 7.12. The van der Waals surface area contributed by atoms with Crippen LogP contribution in [0.3, 0.4) is 0 Å². The molecule has 0 spiro atoms. The molecule has 0 bridgehead atoms. The van der Waals surface area contributed by atoms with E-state index in [4.69, 9.17) is 5.73 Å². The molecule has 3 nitrogen and oxygen atoms in total. The molecule has 15 heavy (non-hydrogen) atoms. The Balaban J connectivity index is 2.14.